The molecule has 0 aliphatic carbocycles. The van der Waals surface area contributed by atoms with Gasteiger partial charge in [-0.25, -0.2) is 0 Å². The summed E-state index contributed by atoms with van der Waals surface area (Å²) < 4.78 is 0.923. The van der Waals surface area contributed by atoms with Gasteiger partial charge in [-0.15, -0.1) is 6.58 Å². The maximum absolute atomic E-state index is 11.6. The number of Topliss-reactive ketones (excluding diaryl/α,β-unsaturated/α-hetero) is 1. The summed E-state index contributed by atoms with van der Waals surface area (Å²) in [5.41, 5.74) is 0.718. The smallest absolute Gasteiger partial charge is 0.176 e. The van der Waals surface area contributed by atoms with Gasteiger partial charge >= 0.3 is 0 Å². The van der Waals surface area contributed by atoms with Crippen LogP contribution in [0, 0.1) is 0 Å². The summed E-state index contributed by atoms with van der Waals surface area (Å²) in [5.74, 6) is 0.0909. The average Bonchev–Trinajstić information content (AvgIpc) is 2.18. The first-order chi connectivity index (χ1) is 6.74. The zero-order chi connectivity index (χ0) is 10.4. The van der Waals surface area contributed by atoms with Gasteiger partial charge in [0.05, 0.1) is 6.54 Å². The first kappa shape index (κ1) is 11.1. The molecule has 1 aromatic carbocycles. The van der Waals surface area contributed by atoms with Crippen LogP contribution >= 0.6 is 15.9 Å². The molecule has 0 aliphatic rings. The van der Waals surface area contributed by atoms with Crippen LogP contribution in [0.1, 0.15) is 10.4 Å². The van der Waals surface area contributed by atoms with E-state index in [1.165, 1.54) is 0 Å². The van der Waals surface area contributed by atoms with Crippen LogP contribution in [0.5, 0.6) is 0 Å². The average molecular weight is 254 g/mol. The second kappa shape index (κ2) is 5.73. The Morgan fingerprint density at radius 3 is 3.00 bits per heavy atom. The van der Waals surface area contributed by atoms with E-state index in [1.54, 1.807) is 6.08 Å². The predicted octanol–water partition coefficient (Wildman–Crippen LogP) is 2.41. The van der Waals surface area contributed by atoms with Gasteiger partial charge in [-0.1, -0.05) is 34.1 Å². The molecular weight excluding hydrogens is 242 g/mol. The molecule has 0 aliphatic heterocycles. The Labute approximate surface area is 92.1 Å². The van der Waals surface area contributed by atoms with Crippen molar-refractivity contribution in [2.24, 2.45) is 0 Å². The maximum Gasteiger partial charge on any atom is 0.176 e. The van der Waals surface area contributed by atoms with Gasteiger partial charge in [0.1, 0.15) is 0 Å². The normalized spacial score (nSPS) is 9.79. The summed E-state index contributed by atoms with van der Waals surface area (Å²) in [6, 6.07) is 7.37. The van der Waals surface area contributed by atoms with Crippen LogP contribution in [0.3, 0.4) is 0 Å². The van der Waals surface area contributed by atoms with E-state index in [1.807, 2.05) is 24.3 Å². The second-order valence-corrected chi connectivity index (χ2v) is 3.77. The molecule has 2 nitrogen and oxygen atoms in total. The first-order valence-electron chi connectivity index (χ1n) is 4.34. The van der Waals surface area contributed by atoms with Gasteiger partial charge in [-0.05, 0) is 12.1 Å². The monoisotopic (exact) mass is 253 g/mol. The molecule has 3 heteroatoms. The molecule has 0 radical (unpaired) electrons. The molecule has 1 aromatic rings. The van der Waals surface area contributed by atoms with Gasteiger partial charge in [-0.2, -0.15) is 0 Å². The SMILES string of the molecule is C=CCNCC(=O)c1cccc(Br)c1. The number of benzene rings is 1. The van der Waals surface area contributed by atoms with Gasteiger partial charge in [0.25, 0.3) is 0 Å². The summed E-state index contributed by atoms with van der Waals surface area (Å²) >= 11 is 3.32. The van der Waals surface area contributed by atoms with Crippen molar-refractivity contribution in [1.82, 2.24) is 5.32 Å². The number of hydrogen-bond acceptors (Lipinski definition) is 2. The van der Waals surface area contributed by atoms with Crippen molar-refractivity contribution >= 4 is 21.7 Å². The quantitative estimate of drug-likeness (QED) is 0.496. The van der Waals surface area contributed by atoms with E-state index in [4.69, 9.17) is 0 Å². The molecular formula is C11H12BrNO. The topological polar surface area (TPSA) is 29.1 Å². The zero-order valence-electron chi connectivity index (χ0n) is 7.79. The molecule has 0 amide bonds. The third-order valence-corrected chi connectivity index (χ3v) is 2.21. The van der Waals surface area contributed by atoms with Crippen LogP contribution in [0.15, 0.2) is 41.4 Å². The fourth-order valence-corrected chi connectivity index (χ4v) is 1.45. The predicted molar refractivity (Wildman–Crippen MR) is 61.5 cm³/mol. The highest BCUT2D eigenvalue weighted by atomic mass is 79.9. The van der Waals surface area contributed by atoms with Crippen molar-refractivity contribution in [3.8, 4) is 0 Å². The van der Waals surface area contributed by atoms with Gasteiger partial charge in [0, 0.05) is 16.6 Å². The van der Waals surface area contributed by atoms with Crippen molar-refractivity contribution in [2.45, 2.75) is 0 Å². The molecule has 14 heavy (non-hydrogen) atoms. The molecule has 0 atom stereocenters. The Bertz CT molecular complexity index is 336. The van der Waals surface area contributed by atoms with Crippen molar-refractivity contribution in [3.05, 3.63) is 47.0 Å². The number of carbonyl (C=O) groups excluding carboxylic acids is 1. The van der Waals surface area contributed by atoms with Gasteiger partial charge in [-0.3, -0.25) is 4.79 Å². The Morgan fingerprint density at radius 1 is 1.57 bits per heavy atom. The molecule has 0 aromatic heterocycles. The minimum absolute atomic E-state index is 0.0909. The summed E-state index contributed by atoms with van der Waals surface area (Å²) in [5, 5.41) is 2.97. The Morgan fingerprint density at radius 2 is 2.36 bits per heavy atom. The number of halogens is 1. The third-order valence-electron chi connectivity index (χ3n) is 1.72. The van der Waals surface area contributed by atoms with E-state index in [9.17, 15) is 4.79 Å². The van der Waals surface area contributed by atoms with Crippen LogP contribution in [0.2, 0.25) is 0 Å². The highest BCUT2D eigenvalue weighted by Crippen LogP contribution is 2.11. The zero-order valence-corrected chi connectivity index (χ0v) is 9.38. The van der Waals surface area contributed by atoms with E-state index in [2.05, 4.69) is 27.8 Å². The van der Waals surface area contributed by atoms with Crippen LogP contribution < -0.4 is 5.32 Å². The van der Waals surface area contributed by atoms with E-state index < -0.39 is 0 Å². The van der Waals surface area contributed by atoms with Gasteiger partial charge < -0.3 is 5.32 Å². The largest absolute Gasteiger partial charge is 0.306 e. The van der Waals surface area contributed by atoms with E-state index in [0.29, 0.717) is 13.1 Å². The number of hydrogen-bond donors (Lipinski definition) is 1. The highest BCUT2D eigenvalue weighted by Gasteiger charge is 2.04. The number of nitrogens with one attached hydrogen (secondary N) is 1. The summed E-state index contributed by atoms with van der Waals surface area (Å²) in [6.07, 6.45) is 1.73. The Balaban J connectivity index is 2.56. The number of ketones is 1. The third kappa shape index (κ3) is 3.44. The Hall–Kier alpha value is -0.930. The Kier molecular flexibility index (Phi) is 4.56. The first-order valence-corrected chi connectivity index (χ1v) is 5.13. The summed E-state index contributed by atoms with van der Waals surface area (Å²) in [4.78, 5) is 11.6. The second-order valence-electron chi connectivity index (χ2n) is 2.85. The molecule has 0 fully saturated rings. The summed E-state index contributed by atoms with van der Waals surface area (Å²) in [7, 11) is 0. The maximum atomic E-state index is 11.6. The lowest BCUT2D eigenvalue weighted by Crippen LogP contribution is -2.22. The van der Waals surface area contributed by atoms with Crippen molar-refractivity contribution in [2.75, 3.05) is 13.1 Å². The van der Waals surface area contributed by atoms with E-state index in [-0.39, 0.29) is 5.78 Å². The minimum Gasteiger partial charge on any atom is -0.306 e. The molecule has 0 bridgehead atoms. The number of rotatable bonds is 5. The van der Waals surface area contributed by atoms with Crippen LogP contribution in [0.25, 0.3) is 0 Å². The van der Waals surface area contributed by atoms with Crippen LogP contribution in [-0.2, 0) is 0 Å². The number of carbonyl (C=O) groups is 1. The lowest BCUT2D eigenvalue weighted by Gasteiger charge is -2.01. The molecule has 0 unspecified atom stereocenters. The lowest BCUT2D eigenvalue weighted by atomic mass is 10.1. The standard InChI is InChI=1S/C11H12BrNO/c1-2-6-13-8-11(14)9-4-3-5-10(12)7-9/h2-5,7,13H,1,6,8H2. The molecule has 0 saturated carbocycles. The van der Waals surface area contributed by atoms with Gasteiger partial charge in [0.15, 0.2) is 5.78 Å². The minimum atomic E-state index is 0.0909. The lowest BCUT2D eigenvalue weighted by molar-refractivity contribution is 0.0992. The fraction of sp³-hybridized carbons (Fsp3) is 0.182. The molecule has 1 rings (SSSR count). The molecule has 1 N–H and O–H groups in total. The highest BCUT2D eigenvalue weighted by molar-refractivity contribution is 9.10. The molecule has 0 spiro atoms. The van der Waals surface area contributed by atoms with Crippen LogP contribution in [0.4, 0.5) is 0 Å². The van der Waals surface area contributed by atoms with Crippen molar-refractivity contribution in [3.63, 3.8) is 0 Å². The molecule has 0 heterocycles. The van der Waals surface area contributed by atoms with E-state index >= 15 is 0 Å². The fourth-order valence-electron chi connectivity index (χ4n) is 1.05. The van der Waals surface area contributed by atoms with Crippen molar-refractivity contribution < 1.29 is 4.79 Å². The molecule has 0 saturated heterocycles. The molecule has 74 valence electrons. The van der Waals surface area contributed by atoms with Gasteiger partial charge in [0.2, 0.25) is 0 Å². The van der Waals surface area contributed by atoms with Crippen LogP contribution in [-0.4, -0.2) is 18.9 Å². The van der Waals surface area contributed by atoms with Crippen molar-refractivity contribution in [1.29, 1.82) is 0 Å². The summed E-state index contributed by atoms with van der Waals surface area (Å²) in [6.45, 7) is 4.57. The van der Waals surface area contributed by atoms with E-state index in [0.717, 1.165) is 10.0 Å².